The zero-order chi connectivity index (χ0) is 32.7. The molecular weight excluding hydrogens is 629 g/mol. The quantitative estimate of drug-likeness (QED) is 0.177. The van der Waals surface area contributed by atoms with E-state index in [4.69, 9.17) is 23.2 Å². The number of nitrogens with one attached hydrogen (secondary N) is 1. The molecule has 0 aliphatic heterocycles. The van der Waals surface area contributed by atoms with Crippen molar-refractivity contribution in [2.75, 3.05) is 10.8 Å². The Morgan fingerprint density at radius 1 is 0.800 bits per heavy atom. The fraction of sp³-hybridized carbons (Fsp3) is 0.257. The monoisotopic (exact) mass is 665 g/mol. The minimum atomic E-state index is -4.18. The number of rotatable bonds is 12. The molecule has 45 heavy (non-hydrogen) atoms. The Balaban J connectivity index is 1.83. The lowest BCUT2D eigenvalue weighted by Gasteiger charge is -2.34. The highest BCUT2D eigenvalue weighted by Gasteiger charge is 2.35. The van der Waals surface area contributed by atoms with Gasteiger partial charge in [-0.1, -0.05) is 95.5 Å². The number of halogens is 2. The van der Waals surface area contributed by atoms with Gasteiger partial charge in [-0.2, -0.15) is 0 Å². The third-order valence-corrected chi connectivity index (χ3v) is 9.82. The van der Waals surface area contributed by atoms with Crippen LogP contribution in [0.5, 0.6) is 0 Å². The van der Waals surface area contributed by atoms with Gasteiger partial charge in [-0.25, -0.2) is 8.42 Å². The summed E-state index contributed by atoms with van der Waals surface area (Å²) in [5, 5.41) is 3.60. The molecule has 4 aromatic carbocycles. The first kappa shape index (κ1) is 34.0. The highest BCUT2D eigenvalue weighted by atomic mass is 35.5. The number of aryl methyl sites for hydroxylation is 2. The van der Waals surface area contributed by atoms with Crippen molar-refractivity contribution in [3.8, 4) is 0 Å². The van der Waals surface area contributed by atoms with Gasteiger partial charge >= 0.3 is 0 Å². The van der Waals surface area contributed by atoms with Gasteiger partial charge in [0.15, 0.2) is 0 Å². The van der Waals surface area contributed by atoms with Crippen LogP contribution in [0.1, 0.15) is 36.1 Å². The van der Waals surface area contributed by atoms with Crippen LogP contribution in [-0.2, 0) is 32.6 Å². The van der Waals surface area contributed by atoms with Gasteiger partial charge in [0.25, 0.3) is 10.0 Å². The van der Waals surface area contributed by atoms with E-state index >= 15 is 0 Å². The van der Waals surface area contributed by atoms with E-state index < -0.39 is 28.5 Å². The van der Waals surface area contributed by atoms with Crippen LogP contribution < -0.4 is 9.62 Å². The predicted octanol–water partition coefficient (Wildman–Crippen LogP) is 6.97. The van der Waals surface area contributed by atoms with Crippen molar-refractivity contribution in [1.29, 1.82) is 0 Å². The highest BCUT2D eigenvalue weighted by molar-refractivity contribution is 7.92. The molecule has 4 aromatic rings. The Morgan fingerprint density at radius 3 is 2.07 bits per heavy atom. The van der Waals surface area contributed by atoms with Crippen LogP contribution in [0.2, 0.25) is 10.0 Å². The maximum Gasteiger partial charge on any atom is 0.264 e. The SMILES string of the molecule is Cc1ccc(S(=O)(=O)N(CC(=O)N(Cc2ccc(Cl)c(Cl)c2)C(Cc2ccccc2)C(=O)NC(C)C)c2ccccc2C)cc1. The molecule has 0 saturated heterocycles. The molecule has 0 aliphatic rings. The average Bonchev–Trinajstić information content (AvgIpc) is 3.00. The fourth-order valence-electron chi connectivity index (χ4n) is 4.96. The van der Waals surface area contributed by atoms with Gasteiger partial charge in [0, 0.05) is 19.0 Å². The minimum absolute atomic E-state index is 0.00900. The first-order chi connectivity index (χ1) is 21.4. The normalized spacial score (nSPS) is 12.1. The number of hydrogen-bond acceptors (Lipinski definition) is 4. The largest absolute Gasteiger partial charge is 0.352 e. The van der Waals surface area contributed by atoms with Gasteiger partial charge in [0.05, 0.1) is 20.6 Å². The highest BCUT2D eigenvalue weighted by Crippen LogP contribution is 2.29. The smallest absolute Gasteiger partial charge is 0.264 e. The Labute approximate surface area is 275 Å². The van der Waals surface area contributed by atoms with Crippen LogP contribution in [0.4, 0.5) is 5.69 Å². The molecule has 10 heteroatoms. The molecule has 0 aliphatic carbocycles. The molecule has 1 unspecified atom stereocenters. The van der Waals surface area contributed by atoms with Crippen molar-refractivity contribution in [2.45, 2.75) is 57.6 Å². The number of nitrogens with zero attached hydrogens (tertiary/aromatic N) is 2. The molecule has 4 rings (SSSR count). The number of anilines is 1. The summed E-state index contributed by atoms with van der Waals surface area (Å²) in [6, 6.07) is 26.7. The van der Waals surface area contributed by atoms with Crippen molar-refractivity contribution >= 4 is 50.7 Å². The van der Waals surface area contributed by atoms with Crippen molar-refractivity contribution < 1.29 is 18.0 Å². The van der Waals surface area contributed by atoms with E-state index in [9.17, 15) is 18.0 Å². The molecule has 2 amide bonds. The molecule has 236 valence electrons. The second-order valence-electron chi connectivity index (χ2n) is 11.3. The lowest BCUT2D eigenvalue weighted by atomic mass is 10.0. The predicted molar refractivity (Wildman–Crippen MR) is 181 cm³/mol. The van der Waals surface area contributed by atoms with Crippen LogP contribution in [0.25, 0.3) is 0 Å². The van der Waals surface area contributed by atoms with E-state index in [1.165, 1.54) is 17.0 Å². The zero-order valence-corrected chi connectivity index (χ0v) is 28.0. The van der Waals surface area contributed by atoms with Gasteiger partial charge in [-0.3, -0.25) is 13.9 Å². The number of hydrogen-bond donors (Lipinski definition) is 1. The number of carbonyl (C=O) groups excluding carboxylic acids is 2. The molecule has 0 bridgehead atoms. The number of benzene rings is 4. The zero-order valence-electron chi connectivity index (χ0n) is 25.7. The van der Waals surface area contributed by atoms with Crippen LogP contribution in [0.3, 0.4) is 0 Å². The summed E-state index contributed by atoms with van der Waals surface area (Å²) in [6.45, 7) is 6.80. The second-order valence-corrected chi connectivity index (χ2v) is 13.9. The Morgan fingerprint density at radius 2 is 1.44 bits per heavy atom. The molecule has 0 aromatic heterocycles. The molecule has 0 spiro atoms. The van der Waals surface area contributed by atoms with Crippen molar-refractivity contribution in [1.82, 2.24) is 10.2 Å². The van der Waals surface area contributed by atoms with Crippen LogP contribution >= 0.6 is 23.2 Å². The van der Waals surface area contributed by atoms with E-state index in [0.717, 1.165) is 15.4 Å². The van der Waals surface area contributed by atoms with E-state index in [1.54, 1.807) is 61.5 Å². The van der Waals surface area contributed by atoms with Gasteiger partial charge in [0.2, 0.25) is 11.8 Å². The standard InChI is InChI=1S/C35H37Cl2N3O4S/c1-24(2)38-35(42)33(21-27-11-6-5-7-12-27)39(22-28-16-19-30(36)31(37)20-28)34(41)23-40(32-13-9-8-10-26(32)4)45(43,44)29-17-14-25(3)15-18-29/h5-20,24,33H,21-23H2,1-4H3,(H,38,42). The van der Waals surface area contributed by atoms with Crippen molar-refractivity contribution in [3.63, 3.8) is 0 Å². The first-order valence-corrected chi connectivity index (χ1v) is 16.8. The second kappa shape index (κ2) is 15.0. The number of amides is 2. The molecule has 0 saturated carbocycles. The molecule has 7 nitrogen and oxygen atoms in total. The van der Waals surface area contributed by atoms with Crippen LogP contribution in [0.15, 0.2) is 102 Å². The maximum atomic E-state index is 14.5. The third kappa shape index (κ3) is 8.66. The molecule has 0 fully saturated rings. The summed E-state index contributed by atoms with van der Waals surface area (Å²) in [5.74, 6) is -0.911. The summed E-state index contributed by atoms with van der Waals surface area (Å²) in [6.07, 6.45) is 0.210. The van der Waals surface area contributed by atoms with Crippen LogP contribution in [-0.4, -0.2) is 43.8 Å². The van der Waals surface area contributed by atoms with Gasteiger partial charge in [0.1, 0.15) is 12.6 Å². The first-order valence-electron chi connectivity index (χ1n) is 14.6. The van der Waals surface area contributed by atoms with E-state index in [1.807, 2.05) is 51.1 Å². The average molecular weight is 667 g/mol. The molecular formula is C35H37Cl2N3O4S. The number of carbonyl (C=O) groups is 2. The molecule has 1 N–H and O–H groups in total. The maximum absolute atomic E-state index is 14.5. The Bertz CT molecular complexity index is 1750. The minimum Gasteiger partial charge on any atom is -0.352 e. The Hall–Kier alpha value is -3.85. The van der Waals surface area contributed by atoms with Crippen LogP contribution in [0, 0.1) is 13.8 Å². The van der Waals surface area contributed by atoms with E-state index in [2.05, 4.69) is 5.32 Å². The summed E-state index contributed by atoms with van der Waals surface area (Å²) in [5.41, 5.74) is 3.43. The topological polar surface area (TPSA) is 86.8 Å². The summed E-state index contributed by atoms with van der Waals surface area (Å²) in [7, 11) is -4.18. The molecule has 1 atom stereocenters. The van der Waals surface area contributed by atoms with Gasteiger partial charge < -0.3 is 10.2 Å². The Kier molecular flexibility index (Phi) is 11.3. The summed E-state index contributed by atoms with van der Waals surface area (Å²) in [4.78, 5) is 29.8. The lowest BCUT2D eigenvalue weighted by Crippen LogP contribution is -2.54. The van der Waals surface area contributed by atoms with Crippen molar-refractivity contribution in [3.05, 3.63) is 129 Å². The van der Waals surface area contributed by atoms with E-state index in [-0.39, 0.29) is 29.8 Å². The summed E-state index contributed by atoms with van der Waals surface area (Å²) >= 11 is 12.5. The number of para-hydroxylation sites is 1. The molecule has 0 radical (unpaired) electrons. The lowest BCUT2D eigenvalue weighted by molar-refractivity contribution is -0.140. The van der Waals surface area contributed by atoms with Gasteiger partial charge in [-0.05, 0) is 74.7 Å². The van der Waals surface area contributed by atoms with Gasteiger partial charge in [-0.15, -0.1) is 0 Å². The van der Waals surface area contributed by atoms with E-state index in [0.29, 0.717) is 26.9 Å². The third-order valence-electron chi connectivity index (χ3n) is 7.31. The summed E-state index contributed by atoms with van der Waals surface area (Å²) < 4.78 is 29.5. The molecule has 0 heterocycles. The van der Waals surface area contributed by atoms with Crippen molar-refractivity contribution in [2.24, 2.45) is 0 Å². The number of sulfonamides is 1. The fourth-order valence-corrected chi connectivity index (χ4v) is 6.76.